The van der Waals surface area contributed by atoms with Gasteiger partial charge in [-0.1, -0.05) is 48.5 Å². The minimum Gasteiger partial charge on any atom is -0.398 e. The van der Waals surface area contributed by atoms with Crippen molar-refractivity contribution < 1.29 is 4.79 Å². The Bertz CT molecular complexity index is 674. The van der Waals surface area contributed by atoms with Crippen LogP contribution in [0.15, 0.2) is 54.6 Å². The lowest BCUT2D eigenvalue weighted by atomic mass is 10.0. The molecule has 0 atom stereocenters. The molecule has 0 aromatic heterocycles. The Hall–Kier alpha value is -2.55. The fourth-order valence-corrected chi connectivity index (χ4v) is 2.39. The predicted molar refractivity (Wildman–Crippen MR) is 77.3 cm³/mol. The molecule has 94 valence electrons. The molecule has 3 rings (SSSR count). The van der Waals surface area contributed by atoms with Crippen molar-refractivity contribution in [3.05, 3.63) is 65.7 Å². The average Bonchev–Trinajstić information content (AvgIpc) is 2.72. The monoisotopic (exact) mass is 250 g/mol. The van der Waals surface area contributed by atoms with E-state index in [0.29, 0.717) is 11.3 Å². The third-order valence-corrected chi connectivity index (χ3v) is 3.41. The molecule has 2 aromatic carbocycles. The number of carbonyl (C=O) groups is 1. The molecule has 0 aliphatic carbocycles. The highest BCUT2D eigenvalue weighted by Gasteiger charge is 2.31. The molecule has 0 spiro atoms. The molecule has 1 aliphatic rings. The summed E-state index contributed by atoms with van der Waals surface area (Å²) in [6.45, 7) is 0. The first kappa shape index (κ1) is 11.5. The van der Waals surface area contributed by atoms with Crippen molar-refractivity contribution in [3.8, 4) is 0 Å². The average molecular weight is 250 g/mol. The Labute approximate surface area is 112 Å². The maximum atomic E-state index is 12.4. The van der Waals surface area contributed by atoms with Gasteiger partial charge in [-0.15, -0.1) is 0 Å². The van der Waals surface area contributed by atoms with Gasteiger partial charge in [-0.25, -0.2) is 0 Å². The van der Waals surface area contributed by atoms with Gasteiger partial charge >= 0.3 is 0 Å². The van der Waals surface area contributed by atoms with Crippen LogP contribution in [0.25, 0.3) is 11.3 Å². The maximum absolute atomic E-state index is 12.4. The lowest BCUT2D eigenvalue weighted by Gasteiger charge is -2.08. The first-order valence-corrected chi connectivity index (χ1v) is 6.13. The van der Waals surface area contributed by atoms with Crippen LogP contribution in [-0.2, 0) is 4.79 Å². The summed E-state index contributed by atoms with van der Waals surface area (Å²) in [7, 11) is 1.77. The molecular formula is C16H14N2O. The van der Waals surface area contributed by atoms with E-state index in [1.54, 1.807) is 11.9 Å². The van der Waals surface area contributed by atoms with E-state index in [9.17, 15) is 4.79 Å². The molecule has 0 unspecified atom stereocenters. The van der Waals surface area contributed by atoms with E-state index < -0.39 is 0 Å². The number of fused-ring (bicyclic) bond motifs is 1. The van der Waals surface area contributed by atoms with Gasteiger partial charge in [0.1, 0.15) is 0 Å². The summed E-state index contributed by atoms with van der Waals surface area (Å²) in [6, 6.07) is 17.3. The molecule has 0 saturated heterocycles. The van der Waals surface area contributed by atoms with Crippen LogP contribution in [0.5, 0.6) is 0 Å². The number of para-hydroxylation sites is 1. The Balaban J connectivity index is 2.23. The molecule has 0 fully saturated rings. The molecule has 2 aromatic rings. The van der Waals surface area contributed by atoms with Crippen molar-refractivity contribution in [2.24, 2.45) is 5.73 Å². The largest absolute Gasteiger partial charge is 0.398 e. The molecule has 1 aliphatic heterocycles. The van der Waals surface area contributed by atoms with Crippen molar-refractivity contribution in [1.29, 1.82) is 0 Å². The quantitative estimate of drug-likeness (QED) is 0.790. The van der Waals surface area contributed by atoms with Crippen LogP contribution in [0.1, 0.15) is 11.1 Å². The summed E-state index contributed by atoms with van der Waals surface area (Å²) in [6.07, 6.45) is 0. The van der Waals surface area contributed by atoms with E-state index in [2.05, 4.69) is 0 Å². The van der Waals surface area contributed by atoms with Gasteiger partial charge in [-0.3, -0.25) is 4.79 Å². The van der Waals surface area contributed by atoms with Crippen LogP contribution < -0.4 is 10.6 Å². The summed E-state index contributed by atoms with van der Waals surface area (Å²) >= 11 is 0. The minimum absolute atomic E-state index is 0.0532. The van der Waals surface area contributed by atoms with Gasteiger partial charge in [0, 0.05) is 12.6 Å². The number of anilines is 1. The van der Waals surface area contributed by atoms with Crippen LogP contribution in [0.3, 0.4) is 0 Å². The van der Waals surface area contributed by atoms with Crippen molar-refractivity contribution in [2.45, 2.75) is 0 Å². The molecule has 1 amide bonds. The van der Waals surface area contributed by atoms with E-state index in [-0.39, 0.29) is 5.91 Å². The maximum Gasteiger partial charge on any atom is 0.260 e. The third-order valence-electron chi connectivity index (χ3n) is 3.41. The molecule has 2 N–H and O–H groups in total. The standard InChI is InChI=1S/C16H14N2O/c1-18-13-10-6-5-9-12(13)14(16(18)19)15(17)11-7-3-2-4-8-11/h2-10H,17H2,1H3/b15-14+. The summed E-state index contributed by atoms with van der Waals surface area (Å²) in [5.41, 5.74) is 9.99. The number of nitrogens with two attached hydrogens (primary N) is 1. The van der Waals surface area contributed by atoms with Crippen molar-refractivity contribution >= 4 is 22.9 Å². The normalized spacial score (nSPS) is 16.5. The Morgan fingerprint density at radius 3 is 2.37 bits per heavy atom. The van der Waals surface area contributed by atoms with E-state index >= 15 is 0 Å². The highest BCUT2D eigenvalue weighted by Crippen LogP contribution is 2.38. The van der Waals surface area contributed by atoms with Gasteiger partial charge in [0.25, 0.3) is 5.91 Å². The molecular weight excluding hydrogens is 236 g/mol. The highest BCUT2D eigenvalue weighted by molar-refractivity contribution is 6.37. The molecule has 3 heteroatoms. The highest BCUT2D eigenvalue weighted by atomic mass is 16.2. The summed E-state index contributed by atoms with van der Waals surface area (Å²) in [5.74, 6) is -0.0532. The second-order valence-corrected chi connectivity index (χ2v) is 4.54. The van der Waals surface area contributed by atoms with E-state index in [4.69, 9.17) is 5.73 Å². The molecule has 19 heavy (non-hydrogen) atoms. The summed E-state index contributed by atoms with van der Waals surface area (Å²) < 4.78 is 0. The van der Waals surface area contributed by atoms with Gasteiger partial charge < -0.3 is 10.6 Å². The van der Waals surface area contributed by atoms with Crippen LogP contribution >= 0.6 is 0 Å². The number of rotatable bonds is 1. The molecule has 3 nitrogen and oxygen atoms in total. The van der Waals surface area contributed by atoms with Crippen LogP contribution in [0, 0.1) is 0 Å². The molecule has 0 saturated carbocycles. The topological polar surface area (TPSA) is 46.3 Å². The van der Waals surface area contributed by atoms with Crippen LogP contribution in [-0.4, -0.2) is 13.0 Å². The third kappa shape index (κ3) is 1.71. The number of nitrogens with zero attached hydrogens (tertiary/aromatic N) is 1. The Kier molecular flexibility index (Phi) is 2.60. The number of likely N-dealkylation sites (N-methyl/N-ethyl adjacent to an activating group) is 1. The van der Waals surface area contributed by atoms with Gasteiger partial charge in [-0.05, 0) is 11.6 Å². The zero-order chi connectivity index (χ0) is 13.4. The Morgan fingerprint density at radius 1 is 1.00 bits per heavy atom. The van der Waals surface area contributed by atoms with E-state index in [1.807, 2.05) is 54.6 Å². The van der Waals surface area contributed by atoms with Gasteiger partial charge in [-0.2, -0.15) is 0 Å². The number of amides is 1. The predicted octanol–water partition coefficient (Wildman–Crippen LogP) is 2.49. The number of hydrogen-bond donors (Lipinski definition) is 1. The van der Waals surface area contributed by atoms with Crippen LogP contribution in [0.4, 0.5) is 5.69 Å². The number of benzene rings is 2. The first-order chi connectivity index (χ1) is 9.20. The lowest BCUT2D eigenvalue weighted by molar-refractivity contribution is -0.112. The molecule has 1 heterocycles. The van der Waals surface area contributed by atoms with Gasteiger partial charge in [0.15, 0.2) is 0 Å². The van der Waals surface area contributed by atoms with Crippen molar-refractivity contribution in [2.75, 3.05) is 11.9 Å². The number of hydrogen-bond acceptors (Lipinski definition) is 2. The minimum atomic E-state index is -0.0532. The SMILES string of the molecule is CN1C(=O)/C(=C(/N)c2ccccc2)c2ccccc21. The van der Waals surface area contributed by atoms with Crippen molar-refractivity contribution in [3.63, 3.8) is 0 Å². The van der Waals surface area contributed by atoms with Gasteiger partial charge in [0.05, 0.1) is 17.0 Å². The summed E-state index contributed by atoms with van der Waals surface area (Å²) in [4.78, 5) is 14.0. The lowest BCUT2D eigenvalue weighted by Crippen LogP contribution is -2.21. The van der Waals surface area contributed by atoms with E-state index in [1.165, 1.54) is 0 Å². The van der Waals surface area contributed by atoms with Crippen molar-refractivity contribution in [1.82, 2.24) is 0 Å². The fraction of sp³-hybridized carbons (Fsp3) is 0.0625. The fourth-order valence-electron chi connectivity index (χ4n) is 2.39. The van der Waals surface area contributed by atoms with E-state index in [0.717, 1.165) is 16.8 Å². The van der Waals surface area contributed by atoms with Gasteiger partial charge in [0.2, 0.25) is 0 Å². The molecule has 0 bridgehead atoms. The smallest absolute Gasteiger partial charge is 0.260 e. The zero-order valence-corrected chi connectivity index (χ0v) is 10.6. The van der Waals surface area contributed by atoms with Crippen LogP contribution in [0.2, 0.25) is 0 Å². The summed E-state index contributed by atoms with van der Waals surface area (Å²) in [5, 5.41) is 0. The zero-order valence-electron chi connectivity index (χ0n) is 10.6. The second-order valence-electron chi connectivity index (χ2n) is 4.54. The molecule has 0 radical (unpaired) electrons. The Morgan fingerprint density at radius 2 is 1.63 bits per heavy atom. The second kappa shape index (κ2) is 4.28. The number of carbonyl (C=O) groups excluding carboxylic acids is 1. The first-order valence-electron chi connectivity index (χ1n) is 6.13.